The second-order valence-corrected chi connectivity index (χ2v) is 6.37. The molecule has 132 valence electrons. The van der Waals surface area contributed by atoms with Gasteiger partial charge in [0.25, 0.3) is 0 Å². The molecule has 2 rings (SSSR count). The highest BCUT2D eigenvalue weighted by molar-refractivity contribution is 5.89. The molecule has 5 nitrogen and oxygen atoms in total. The maximum absolute atomic E-state index is 12.3. The zero-order chi connectivity index (χ0) is 17.5. The first kappa shape index (κ1) is 18.5. The van der Waals surface area contributed by atoms with Crippen LogP contribution >= 0.6 is 0 Å². The predicted octanol–water partition coefficient (Wildman–Crippen LogP) is 3.95. The largest absolute Gasteiger partial charge is 0.424 e. The van der Waals surface area contributed by atoms with Gasteiger partial charge in [0, 0.05) is 30.6 Å². The van der Waals surface area contributed by atoms with Crippen molar-refractivity contribution >= 4 is 11.9 Å². The highest BCUT2D eigenvalue weighted by Crippen LogP contribution is 2.28. The van der Waals surface area contributed by atoms with Gasteiger partial charge in [-0.1, -0.05) is 12.7 Å². The number of hydrogen-bond acceptors (Lipinski definition) is 5. The zero-order valence-electron chi connectivity index (χ0n) is 14.6. The number of allylic oxidation sites excluding steroid dienone is 2. The molecule has 1 atom stereocenters. The Kier molecular flexibility index (Phi) is 6.79. The summed E-state index contributed by atoms with van der Waals surface area (Å²) in [6.07, 6.45) is 7.91. The van der Waals surface area contributed by atoms with E-state index in [9.17, 15) is 9.59 Å². The third-order valence-electron chi connectivity index (χ3n) is 4.18. The van der Waals surface area contributed by atoms with Crippen molar-refractivity contribution in [3.8, 4) is 0 Å². The van der Waals surface area contributed by atoms with E-state index in [4.69, 9.17) is 14.2 Å². The Balaban J connectivity index is 1.98. The number of carbonyl (C=O) groups is 2. The lowest BCUT2D eigenvalue weighted by Gasteiger charge is -2.19. The highest BCUT2D eigenvalue weighted by atomic mass is 16.6. The average molecular weight is 334 g/mol. The summed E-state index contributed by atoms with van der Waals surface area (Å²) >= 11 is 0. The molecule has 1 saturated heterocycles. The summed E-state index contributed by atoms with van der Waals surface area (Å²) in [5, 5.41) is 0. The van der Waals surface area contributed by atoms with Crippen LogP contribution in [0.15, 0.2) is 35.3 Å². The van der Waals surface area contributed by atoms with Gasteiger partial charge < -0.3 is 14.2 Å². The smallest absolute Gasteiger partial charge is 0.338 e. The maximum atomic E-state index is 12.3. The summed E-state index contributed by atoms with van der Waals surface area (Å²) < 4.78 is 16.3. The molecule has 0 radical (unpaired) electrons. The van der Waals surface area contributed by atoms with Crippen LogP contribution < -0.4 is 0 Å². The topological polar surface area (TPSA) is 61.8 Å². The fourth-order valence-corrected chi connectivity index (χ4v) is 2.68. The van der Waals surface area contributed by atoms with Gasteiger partial charge in [-0.2, -0.15) is 0 Å². The molecule has 1 aliphatic carbocycles. The first-order chi connectivity index (χ1) is 11.5. The molecule has 0 aromatic heterocycles. The summed E-state index contributed by atoms with van der Waals surface area (Å²) in [5.74, 6) is 0.0418. The van der Waals surface area contributed by atoms with Crippen LogP contribution in [-0.4, -0.2) is 24.6 Å². The van der Waals surface area contributed by atoms with Crippen LogP contribution in [0.2, 0.25) is 0 Å². The second-order valence-electron chi connectivity index (χ2n) is 6.37. The summed E-state index contributed by atoms with van der Waals surface area (Å²) in [7, 11) is 0. The predicted molar refractivity (Wildman–Crippen MR) is 89.8 cm³/mol. The lowest BCUT2D eigenvalue weighted by atomic mass is 10.0. The molecule has 1 aliphatic heterocycles. The van der Waals surface area contributed by atoms with Gasteiger partial charge in [-0.3, -0.25) is 0 Å². The zero-order valence-corrected chi connectivity index (χ0v) is 14.6. The molecule has 5 heteroatoms. The Morgan fingerprint density at radius 1 is 1.12 bits per heavy atom. The molecule has 0 spiro atoms. The third-order valence-corrected chi connectivity index (χ3v) is 4.18. The maximum Gasteiger partial charge on any atom is 0.338 e. The second kappa shape index (κ2) is 8.83. The number of carbonyl (C=O) groups excluding carboxylic acids is 2. The average Bonchev–Trinajstić information content (AvgIpc) is 3.07. The van der Waals surface area contributed by atoms with Crippen molar-refractivity contribution in [2.75, 3.05) is 6.61 Å². The van der Waals surface area contributed by atoms with E-state index in [2.05, 4.69) is 6.58 Å². The fourth-order valence-electron chi connectivity index (χ4n) is 2.68. The lowest BCUT2D eigenvalue weighted by molar-refractivity contribution is -0.139. The summed E-state index contributed by atoms with van der Waals surface area (Å²) in [6.45, 7) is 7.70. The Hall–Kier alpha value is -1.88. The molecule has 2 aliphatic rings. The number of ether oxygens (including phenoxy) is 3. The van der Waals surface area contributed by atoms with Gasteiger partial charge in [-0.25, -0.2) is 9.59 Å². The SMILES string of the molecule is C=C(C)C(=O)OC1=C(OC(=O)/C(C)=C/CC2CCCO2)CCCC1. The van der Waals surface area contributed by atoms with Gasteiger partial charge >= 0.3 is 11.9 Å². The molecular formula is C19H26O5. The van der Waals surface area contributed by atoms with E-state index < -0.39 is 11.9 Å². The normalized spacial score (nSPS) is 21.6. The van der Waals surface area contributed by atoms with Crippen LogP contribution in [0.5, 0.6) is 0 Å². The van der Waals surface area contributed by atoms with Crippen LogP contribution in [0.3, 0.4) is 0 Å². The van der Waals surface area contributed by atoms with E-state index in [0.717, 1.165) is 38.7 Å². The monoisotopic (exact) mass is 334 g/mol. The molecule has 0 aromatic carbocycles. The van der Waals surface area contributed by atoms with Crippen molar-refractivity contribution in [3.05, 3.63) is 35.3 Å². The van der Waals surface area contributed by atoms with Crippen molar-refractivity contribution in [2.24, 2.45) is 0 Å². The fraction of sp³-hybridized carbons (Fsp3) is 0.579. The van der Waals surface area contributed by atoms with Gasteiger partial charge in [-0.05, 0) is 46.0 Å². The van der Waals surface area contributed by atoms with Crippen LogP contribution in [0, 0.1) is 0 Å². The highest BCUT2D eigenvalue weighted by Gasteiger charge is 2.22. The van der Waals surface area contributed by atoms with E-state index in [1.54, 1.807) is 13.8 Å². The molecule has 0 saturated carbocycles. The quantitative estimate of drug-likeness (QED) is 0.544. The van der Waals surface area contributed by atoms with Crippen molar-refractivity contribution in [3.63, 3.8) is 0 Å². The first-order valence-electron chi connectivity index (χ1n) is 8.57. The molecular weight excluding hydrogens is 308 g/mol. The first-order valence-corrected chi connectivity index (χ1v) is 8.57. The molecule has 1 fully saturated rings. The Bertz CT molecular complexity index is 564. The summed E-state index contributed by atoms with van der Waals surface area (Å²) in [4.78, 5) is 24.0. The minimum Gasteiger partial charge on any atom is -0.424 e. The molecule has 0 amide bonds. The lowest BCUT2D eigenvalue weighted by Crippen LogP contribution is -2.15. The standard InChI is InChI=1S/C19H26O5/c1-13(2)18(20)23-16-8-4-5-9-17(16)24-19(21)14(3)10-11-15-7-6-12-22-15/h10,15H,1,4-9,11-12H2,2-3H3/b14-10+. The van der Waals surface area contributed by atoms with Crippen LogP contribution in [0.25, 0.3) is 0 Å². The third kappa shape index (κ3) is 5.34. The van der Waals surface area contributed by atoms with E-state index >= 15 is 0 Å². The molecule has 0 bridgehead atoms. The summed E-state index contributed by atoms with van der Waals surface area (Å²) in [6, 6.07) is 0. The van der Waals surface area contributed by atoms with Crippen molar-refractivity contribution in [1.82, 2.24) is 0 Å². The Labute approximate surface area is 143 Å². The minimum atomic E-state index is -0.480. The van der Waals surface area contributed by atoms with Gasteiger partial charge in [-0.15, -0.1) is 0 Å². The molecule has 1 unspecified atom stereocenters. The van der Waals surface area contributed by atoms with Gasteiger partial charge in [0.05, 0.1) is 6.10 Å². The van der Waals surface area contributed by atoms with Crippen molar-refractivity contribution in [2.45, 2.75) is 64.9 Å². The number of rotatable bonds is 6. The van der Waals surface area contributed by atoms with Crippen molar-refractivity contribution in [1.29, 1.82) is 0 Å². The van der Waals surface area contributed by atoms with Crippen molar-refractivity contribution < 1.29 is 23.8 Å². The van der Waals surface area contributed by atoms with Crippen LogP contribution in [0.1, 0.15) is 58.8 Å². The van der Waals surface area contributed by atoms with E-state index in [0.29, 0.717) is 35.5 Å². The number of hydrogen-bond donors (Lipinski definition) is 0. The van der Waals surface area contributed by atoms with E-state index in [-0.39, 0.29) is 6.10 Å². The van der Waals surface area contributed by atoms with Crippen LogP contribution in [-0.2, 0) is 23.8 Å². The Morgan fingerprint density at radius 3 is 2.29 bits per heavy atom. The molecule has 0 aromatic rings. The van der Waals surface area contributed by atoms with Gasteiger partial charge in [0.1, 0.15) is 11.5 Å². The molecule has 1 heterocycles. The van der Waals surface area contributed by atoms with Gasteiger partial charge in [0.2, 0.25) is 0 Å². The van der Waals surface area contributed by atoms with E-state index in [1.165, 1.54) is 0 Å². The summed E-state index contributed by atoms with van der Waals surface area (Å²) in [5.41, 5.74) is 0.876. The van der Waals surface area contributed by atoms with Gasteiger partial charge in [0.15, 0.2) is 0 Å². The number of esters is 2. The van der Waals surface area contributed by atoms with E-state index in [1.807, 2.05) is 6.08 Å². The minimum absolute atomic E-state index is 0.203. The molecule has 24 heavy (non-hydrogen) atoms. The molecule has 0 N–H and O–H groups in total. The van der Waals surface area contributed by atoms with Crippen LogP contribution in [0.4, 0.5) is 0 Å². The Morgan fingerprint density at radius 2 is 1.75 bits per heavy atom.